The molecule has 0 aliphatic heterocycles. The molecule has 1 unspecified atom stereocenters. The molecule has 0 aliphatic carbocycles. The number of rotatable bonds is 22. The van der Waals surface area contributed by atoms with Crippen molar-refractivity contribution in [3.63, 3.8) is 0 Å². The van der Waals surface area contributed by atoms with Gasteiger partial charge < -0.3 is 10.2 Å². The van der Waals surface area contributed by atoms with E-state index < -0.39 is 0 Å². The molecule has 0 amide bonds. The molecule has 0 aliphatic rings. The van der Waals surface area contributed by atoms with Crippen molar-refractivity contribution in [3.05, 3.63) is 0 Å². The van der Waals surface area contributed by atoms with Gasteiger partial charge >= 0.3 is 0 Å². The molecule has 0 rings (SSSR count). The molecule has 0 aromatic heterocycles. The standard InChI is InChI=1S/C24H52N2O2/c1-4-5-6-7-8-9-10-11-12-13-14-15-16-19-24(25(2)3)26(20-17-22-27)21-18-23-28/h24,27-28H,4-23H2,1-3H3. The minimum Gasteiger partial charge on any atom is -0.396 e. The molecule has 0 radical (unpaired) electrons. The molecule has 170 valence electrons. The van der Waals surface area contributed by atoms with Gasteiger partial charge in [0.05, 0.1) is 6.17 Å². The summed E-state index contributed by atoms with van der Waals surface area (Å²) in [6, 6.07) is 0. The minimum absolute atomic E-state index is 0.245. The second-order valence-corrected chi connectivity index (χ2v) is 8.67. The molecule has 4 nitrogen and oxygen atoms in total. The van der Waals surface area contributed by atoms with Crippen LogP contribution >= 0.6 is 0 Å². The Morgan fingerprint density at radius 1 is 0.571 bits per heavy atom. The first-order chi connectivity index (χ1) is 13.7. The fraction of sp³-hybridized carbons (Fsp3) is 1.00. The summed E-state index contributed by atoms with van der Waals surface area (Å²) < 4.78 is 0. The molecular formula is C24H52N2O2. The van der Waals surface area contributed by atoms with Crippen LogP contribution in [-0.2, 0) is 0 Å². The van der Waals surface area contributed by atoms with Gasteiger partial charge in [-0.25, -0.2) is 0 Å². The van der Waals surface area contributed by atoms with Crippen molar-refractivity contribution >= 4 is 0 Å². The fourth-order valence-electron chi connectivity index (χ4n) is 4.07. The normalized spacial score (nSPS) is 13.0. The van der Waals surface area contributed by atoms with Gasteiger partial charge in [-0.2, -0.15) is 0 Å². The third kappa shape index (κ3) is 16.8. The molecule has 28 heavy (non-hydrogen) atoms. The lowest BCUT2D eigenvalue weighted by atomic mass is 10.0. The van der Waals surface area contributed by atoms with Crippen LogP contribution in [0, 0.1) is 0 Å². The van der Waals surface area contributed by atoms with E-state index in [2.05, 4.69) is 30.8 Å². The predicted molar refractivity (Wildman–Crippen MR) is 123 cm³/mol. The summed E-state index contributed by atoms with van der Waals surface area (Å²) in [5, 5.41) is 18.3. The van der Waals surface area contributed by atoms with Crippen molar-refractivity contribution in [2.45, 2.75) is 116 Å². The lowest BCUT2D eigenvalue weighted by Crippen LogP contribution is -2.46. The molecule has 0 heterocycles. The predicted octanol–water partition coefficient (Wildman–Crippen LogP) is 5.42. The summed E-state index contributed by atoms with van der Waals surface area (Å²) in [7, 11) is 4.30. The molecule has 0 bridgehead atoms. The van der Waals surface area contributed by atoms with E-state index in [0.29, 0.717) is 6.17 Å². The van der Waals surface area contributed by atoms with Crippen molar-refractivity contribution in [1.29, 1.82) is 0 Å². The minimum atomic E-state index is 0.245. The summed E-state index contributed by atoms with van der Waals surface area (Å²) in [4.78, 5) is 4.74. The maximum atomic E-state index is 9.17. The number of unbranched alkanes of at least 4 members (excludes halogenated alkanes) is 12. The lowest BCUT2D eigenvalue weighted by Gasteiger charge is -2.36. The van der Waals surface area contributed by atoms with Crippen molar-refractivity contribution in [2.75, 3.05) is 40.4 Å². The largest absolute Gasteiger partial charge is 0.396 e. The van der Waals surface area contributed by atoms with Crippen LogP contribution in [0.15, 0.2) is 0 Å². The van der Waals surface area contributed by atoms with Gasteiger partial charge in [-0.1, -0.05) is 90.4 Å². The van der Waals surface area contributed by atoms with Crippen LogP contribution in [0.4, 0.5) is 0 Å². The highest BCUT2D eigenvalue weighted by molar-refractivity contribution is 4.70. The molecule has 2 N–H and O–H groups in total. The second-order valence-electron chi connectivity index (χ2n) is 8.67. The first kappa shape index (κ1) is 27.8. The van der Waals surface area contributed by atoms with E-state index in [0.717, 1.165) is 25.9 Å². The summed E-state index contributed by atoms with van der Waals surface area (Å²) in [6.07, 6.45) is 21.4. The first-order valence-electron chi connectivity index (χ1n) is 12.3. The van der Waals surface area contributed by atoms with Crippen LogP contribution in [0.25, 0.3) is 0 Å². The van der Waals surface area contributed by atoms with E-state index in [-0.39, 0.29) is 13.2 Å². The molecule has 0 fully saturated rings. The molecule has 0 spiro atoms. The first-order valence-corrected chi connectivity index (χ1v) is 12.3. The molecule has 1 atom stereocenters. The Bertz CT molecular complexity index is 292. The van der Waals surface area contributed by atoms with E-state index in [1.165, 1.54) is 89.9 Å². The average Bonchev–Trinajstić information content (AvgIpc) is 2.69. The summed E-state index contributed by atoms with van der Waals surface area (Å²) in [5.41, 5.74) is 0. The van der Waals surface area contributed by atoms with Gasteiger partial charge in [-0.15, -0.1) is 0 Å². The van der Waals surface area contributed by atoms with Crippen molar-refractivity contribution in [3.8, 4) is 0 Å². The molecule has 4 heteroatoms. The summed E-state index contributed by atoms with van der Waals surface area (Å²) in [6.45, 7) is 4.60. The van der Waals surface area contributed by atoms with Gasteiger partial charge in [0, 0.05) is 26.3 Å². The number of hydrogen-bond donors (Lipinski definition) is 2. The van der Waals surface area contributed by atoms with Gasteiger partial charge in [-0.3, -0.25) is 9.80 Å². The monoisotopic (exact) mass is 400 g/mol. The Morgan fingerprint density at radius 3 is 1.32 bits per heavy atom. The second kappa shape index (κ2) is 21.5. The van der Waals surface area contributed by atoms with Crippen molar-refractivity contribution < 1.29 is 10.2 Å². The van der Waals surface area contributed by atoms with E-state index in [1.807, 2.05) is 0 Å². The number of aliphatic hydroxyl groups is 2. The van der Waals surface area contributed by atoms with Gasteiger partial charge in [-0.05, 0) is 33.4 Å². The summed E-state index contributed by atoms with van der Waals surface area (Å²) >= 11 is 0. The SMILES string of the molecule is CCCCCCCCCCCCCCCC(N(C)C)N(CCCO)CCCO. The van der Waals surface area contributed by atoms with Crippen LogP contribution in [-0.4, -0.2) is 66.6 Å². The van der Waals surface area contributed by atoms with Crippen LogP contribution < -0.4 is 0 Å². The van der Waals surface area contributed by atoms with E-state index in [1.54, 1.807) is 0 Å². The van der Waals surface area contributed by atoms with Crippen LogP contribution in [0.3, 0.4) is 0 Å². The Balaban J connectivity index is 3.76. The maximum Gasteiger partial charge on any atom is 0.0617 e. The topological polar surface area (TPSA) is 46.9 Å². The molecule has 0 aromatic carbocycles. The number of aliphatic hydroxyl groups excluding tert-OH is 2. The summed E-state index contributed by atoms with van der Waals surface area (Å²) in [5.74, 6) is 0. The highest BCUT2D eigenvalue weighted by Gasteiger charge is 2.19. The molecule has 0 saturated carbocycles. The van der Waals surface area contributed by atoms with Crippen LogP contribution in [0.5, 0.6) is 0 Å². The highest BCUT2D eigenvalue weighted by atomic mass is 16.3. The third-order valence-corrected chi connectivity index (χ3v) is 5.79. The fourth-order valence-corrected chi connectivity index (χ4v) is 4.07. The lowest BCUT2D eigenvalue weighted by molar-refractivity contribution is 0.0581. The Labute approximate surface area is 176 Å². The Hall–Kier alpha value is -0.160. The van der Waals surface area contributed by atoms with Crippen molar-refractivity contribution in [2.24, 2.45) is 0 Å². The van der Waals surface area contributed by atoms with Gasteiger partial charge in [0.2, 0.25) is 0 Å². The third-order valence-electron chi connectivity index (χ3n) is 5.79. The smallest absolute Gasteiger partial charge is 0.0617 e. The molecule has 0 saturated heterocycles. The molecule has 0 aromatic rings. The van der Waals surface area contributed by atoms with Crippen molar-refractivity contribution in [1.82, 2.24) is 9.80 Å². The van der Waals surface area contributed by atoms with E-state index >= 15 is 0 Å². The number of nitrogens with zero attached hydrogens (tertiary/aromatic N) is 2. The van der Waals surface area contributed by atoms with Gasteiger partial charge in [0.25, 0.3) is 0 Å². The Kier molecular flexibility index (Phi) is 21.4. The average molecular weight is 401 g/mol. The maximum absolute atomic E-state index is 9.17. The Morgan fingerprint density at radius 2 is 0.964 bits per heavy atom. The zero-order valence-electron chi connectivity index (χ0n) is 19.5. The zero-order valence-corrected chi connectivity index (χ0v) is 19.5. The molecular weight excluding hydrogens is 348 g/mol. The van der Waals surface area contributed by atoms with Gasteiger partial charge in [0.15, 0.2) is 0 Å². The van der Waals surface area contributed by atoms with Gasteiger partial charge in [0.1, 0.15) is 0 Å². The van der Waals surface area contributed by atoms with Crippen LogP contribution in [0.2, 0.25) is 0 Å². The van der Waals surface area contributed by atoms with E-state index in [4.69, 9.17) is 0 Å². The van der Waals surface area contributed by atoms with E-state index in [9.17, 15) is 10.2 Å². The number of hydrogen-bond acceptors (Lipinski definition) is 4. The quantitative estimate of drug-likeness (QED) is 0.188. The zero-order chi connectivity index (χ0) is 20.9. The van der Waals surface area contributed by atoms with Crippen LogP contribution in [0.1, 0.15) is 110 Å². The highest BCUT2D eigenvalue weighted by Crippen LogP contribution is 2.16.